The molecule has 0 aliphatic rings. The van der Waals surface area contributed by atoms with Crippen molar-refractivity contribution in [2.24, 2.45) is 7.05 Å². The minimum atomic E-state index is -3.51. The Balaban J connectivity index is 2.40. The summed E-state index contributed by atoms with van der Waals surface area (Å²) in [6.45, 7) is 1.68. The number of ether oxygens (including phenoxy) is 1. The van der Waals surface area contributed by atoms with Crippen molar-refractivity contribution in [3.05, 3.63) is 22.7 Å². The smallest absolute Gasteiger partial charge is 0.394 e. The maximum Gasteiger partial charge on any atom is 0.394 e. The van der Waals surface area contributed by atoms with Gasteiger partial charge in [0, 0.05) is 20.9 Å². The summed E-state index contributed by atoms with van der Waals surface area (Å²) in [5, 5.41) is 14.9. The zero-order valence-corrected chi connectivity index (χ0v) is 14.1. The monoisotopic (exact) mass is 374 g/mol. The van der Waals surface area contributed by atoms with Gasteiger partial charge in [0.05, 0.1) is 10.6 Å². The number of carbonyl (C=O) groups excluding carboxylic acids is 2. The van der Waals surface area contributed by atoms with E-state index >= 15 is 0 Å². The summed E-state index contributed by atoms with van der Waals surface area (Å²) in [5.41, 5.74) is -0.348. The van der Waals surface area contributed by atoms with Gasteiger partial charge in [-0.05, 0) is 22.6 Å². The highest BCUT2D eigenvalue weighted by atomic mass is 35.5. The van der Waals surface area contributed by atoms with Gasteiger partial charge in [-0.1, -0.05) is 16.7 Å². The van der Waals surface area contributed by atoms with Gasteiger partial charge in [0.15, 0.2) is 5.75 Å². The first kappa shape index (κ1) is 18.5. The van der Waals surface area contributed by atoms with Gasteiger partial charge >= 0.3 is 6.11 Å². The quantitative estimate of drug-likeness (QED) is 0.828. The molecule has 2 N–H and O–H groups in total. The van der Waals surface area contributed by atoms with Crippen LogP contribution in [0.4, 0.5) is 20.4 Å². The number of rotatable bonds is 5. The fraction of sp³-hybridized carbons (Fsp3) is 0.308. The van der Waals surface area contributed by atoms with Crippen LogP contribution in [0.1, 0.15) is 24.2 Å². The number of hydrogen-bond acceptors (Lipinski definition) is 6. The molecule has 2 amide bonds. The number of nitrogens with zero attached hydrogens (tertiary/aromatic N) is 4. The summed E-state index contributed by atoms with van der Waals surface area (Å²) in [6, 6.07) is 2.27. The molecule has 0 fully saturated rings. The lowest BCUT2D eigenvalue weighted by Gasteiger charge is -2.18. The molecule has 0 aliphatic heterocycles. The van der Waals surface area contributed by atoms with Gasteiger partial charge in [-0.2, -0.15) is 8.78 Å². The highest BCUT2D eigenvalue weighted by Crippen LogP contribution is 2.38. The van der Waals surface area contributed by atoms with Crippen molar-refractivity contribution in [1.29, 1.82) is 0 Å². The zero-order chi connectivity index (χ0) is 18.8. The molecule has 0 bridgehead atoms. The number of benzene rings is 1. The number of alkyl halides is 2. The molecule has 134 valence electrons. The van der Waals surface area contributed by atoms with Crippen LogP contribution in [0.2, 0.25) is 5.02 Å². The van der Waals surface area contributed by atoms with E-state index in [2.05, 4.69) is 30.9 Å². The fourth-order valence-electron chi connectivity index (χ4n) is 1.81. The molecule has 0 spiro atoms. The average molecular weight is 375 g/mol. The molecule has 0 unspecified atom stereocenters. The van der Waals surface area contributed by atoms with Crippen LogP contribution in [-0.4, -0.2) is 38.1 Å². The number of aromatic nitrogens is 4. The second kappa shape index (κ2) is 6.97. The molecule has 0 saturated heterocycles. The van der Waals surface area contributed by atoms with E-state index < -0.39 is 17.9 Å². The maximum atomic E-state index is 13.1. The molecule has 1 heterocycles. The van der Waals surface area contributed by atoms with Crippen molar-refractivity contribution in [1.82, 2.24) is 20.2 Å². The Labute approximate surface area is 145 Å². The van der Waals surface area contributed by atoms with Crippen molar-refractivity contribution in [3.8, 4) is 5.75 Å². The Morgan fingerprint density at radius 1 is 1.32 bits per heavy atom. The highest BCUT2D eigenvalue weighted by molar-refractivity contribution is 6.37. The number of halogens is 3. The number of aryl methyl sites for hydroxylation is 1. The predicted molar refractivity (Wildman–Crippen MR) is 83.8 cm³/mol. The molecular weight excluding hydrogens is 362 g/mol. The van der Waals surface area contributed by atoms with Crippen LogP contribution in [0, 0.1) is 0 Å². The Morgan fingerprint density at radius 2 is 2.00 bits per heavy atom. The molecule has 2 rings (SSSR count). The van der Waals surface area contributed by atoms with E-state index in [1.807, 2.05) is 0 Å². The first-order chi connectivity index (χ1) is 11.6. The third-order valence-electron chi connectivity index (χ3n) is 2.78. The van der Waals surface area contributed by atoms with Crippen molar-refractivity contribution in [3.63, 3.8) is 0 Å². The number of tetrazole rings is 1. The van der Waals surface area contributed by atoms with Crippen LogP contribution in [-0.2, 0) is 11.8 Å². The molecule has 1 aromatic heterocycles. The highest BCUT2D eigenvalue weighted by Gasteiger charge is 2.27. The van der Waals surface area contributed by atoms with E-state index in [1.165, 1.54) is 17.8 Å². The van der Waals surface area contributed by atoms with Gasteiger partial charge in [0.2, 0.25) is 11.9 Å². The first-order valence-electron chi connectivity index (χ1n) is 6.79. The number of carbonyl (C=O) groups is 2. The number of hydrogen-bond donors (Lipinski definition) is 2. The number of nitrogens with one attached hydrogen (secondary N) is 2. The molecule has 9 nitrogen and oxygen atoms in total. The Bertz CT molecular complexity index is 821. The summed E-state index contributed by atoms with van der Waals surface area (Å²) < 4.78 is 31.9. The van der Waals surface area contributed by atoms with Gasteiger partial charge in [-0.25, -0.2) is 4.68 Å². The first-order valence-corrected chi connectivity index (χ1v) is 7.17. The van der Waals surface area contributed by atoms with Gasteiger partial charge < -0.3 is 10.1 Å². The number of anilines is 2. The molecule has 0 aliphatic carbocycles. The van der Waals surface area contributed by atoms with E-state index in [0.29, 0.717) is 6.92 Å². The van der Waals surface area contributed by atoms with Gasteiger partial charge in [0.1, 0.15) is 5.69 Å². The molecule has 0 atom stereocenters. The molecule has 2 aromatic rings. The SMILES string of the molecule is CC(=O)Nc1c(OC(C)(F)F)ccc(C(=O)Nc2nnnn2C)c1Cl. The van der Waals surface area contributed by atoms with E-state index in [-0.39, 0.29) is 28.0 Å². The van der Waals surface area contributed by atoms with E-state index in [1.54, 1.807) is 0 Å². The van der Waals surface area contributed by atoms with Gasteiger partial charge in [-0.15, -0.1) is 0 Å². The summed E-state index contributed by atoms with van der Waals surface area (Å²) in [6.07, 6.45) is -3.51. The Kier molecular flexibility index (Phi) is 5.16. The molecule has 0 saturated carbocycles. The van der Waals surface area contributed by atoms with Crippen LogP contribution >= 0.6 is 11.6 Å². The third-order valence-corrected chi connectivity index (χ3v) is 3.18. The maximum absolute atomic E-state index is 13.1. The lowest BCUT2D eigenvalue weighted by Crippen LogP contribution is -2.22. The average Bonchev–Trinajstić information content (AvgIpc) is 2.86. The summed E-state index contributed by atoms with van der Waals surface area (Å²) in [4.78, 5) is 23.6. The van der Waals surface area contributed by atoms with Crippen LogP contribution in [0.5, 0.6) is 5.75 Å². The third kappa shape index (κ3) is 4.59. The topological polar surface area (TPSA) is 111 Å². The zero-order valence-electron chi connectivity index (χ0n) is 13.3. The standard InChI is InChI=1S/C13H13ClF2N6O3/c1-6(23)17-10-8(25-13(2,15)16)5-4-7(9(10)14)11(24)18-12-19-20-21-22(12)3/h4-5H,1-3H3,(H,17,23)(H,18,19,21,24). The van der Waals surface area contributed by atoms with E-state index in [4.69, 9.17) is 11.6 Å². The lowest BCUT2D eigenvalue weighted by atomic mass is 10.1. The van der Waals surface area contributed by atoms with Crippen molar-refractivity contribution in [2.45, 2.75) is 20.0 Å². The minimum absolute atomic E-state index is 0.0440. The molecule has 25 heavy (non-hydrogen) atoms. The Morgan fingerprint density at radius 3 is 2.52 bits per heavy atom. The van der Waals surface area contributed by atoms with Gasteiger partial charge in [0.25, 0.3) is 5.91 Å². The molecule has 12 heteroatoms. The Hall–Kier alpha value is -2.82. The van der Waals surface area contributed by atoms with Crippen molar-refractivity contribution < 1.29 is 23.1 Å². The lowest BCUT2D eigenvalue weighted by molar-refractivity contribution is -0.158. The molecule has 1 aromatic carbocycles. The van der Waals surface area contributed by atoms with Crippen LogP contribution in [0.3, 0.4) is 0 Å². The van der Waals surface area contributed by atoms with Gasteiger partial charge in [-0.3, -0.25) is 14.9 Å². The molecule has 0 radical (unpaired) electrons. The van der Waals surface area contributed by atoms with E-state index in [9.17, 15) is 18.4 Å². The van der Waals surface area contributed by atoms with Crippen molar-refractivity contribution in [2.75, 3.05) is 10.6 Å². The largest absolute Gasteiger partial charge is 0.430 e. The molecular formula is C13H13ClF2N6O3. The minimum Gasteiger partial charge on any atom is -0.430 e. The van der Waals surface area contributed by atoms with Crippen LogP contribution in [0.15, 0.2) is 12.1 Å². The van der Waals surface area contributed by atoms with Crippen LogP contribution < -0.4 is 15.4 Å². The normalized spacial score (nSPS) is 11.1. The number of amides is 2. The summed E-state index contributed by atoms with van der Waals surface area (Å²) in [7, 11) is 1.50. The second-order valence-corrected chi connectivity index (χ2v) is 5.35. The summed E-state index contributed by atoms with van der Waals surface area (Å²) >= 11 is 6.10. The fourth-order valence-corrected chi connectivity index (χ4v) is 2.10. The summed E-state index contributed by atoms with van der Waals surface area (Å²) in [5.74, 6) is -1.63. The van der Waals surface area contributed by atoms with E-state index in [0.717, 1.165) is 13.0 Å². The second-order valence-electron chi connectivity index (χ2n) is 4.97. The van der Waals surface area contributed by atoms with Crippen LogP contribution in [0.25, 0.3) is 0 Å². The predicted octanol–water partition coefficient (Wildman–Crippen LogP) is 2.07. The van der Waals surface area contributed by atoms with Crippen molar-refractivity contribution >= 4 is 35.1 Å².